The summed E-state index contributed by atoms with van der Waals surface area (Å²) in [5.41, 5.74) is 3.30. The lowest BCUT2D eigenvalue weighted by molar-refractivity contribution is -0.118. The summed E-state index contributed by atoms with van der Waals surface area (Å²) in [6.45, 7) is 6.90. The van der Waals surface area contributed by atoms with Crippen molar-refractivity contribution in [1.82, 2.24) is 4.31 Å². The van der Waals surface area contributed by atoms with Crippen LogP contribution in [0.3, 0.4) is 0 Å². The Labute approximate surface area is 185 Å². The minimum absolute atomic E-state index is 0.175. The van der Waals surface area contributed by atoms with E-state index in [9.17, 15) is 13.2 Å². The second kappa shape index (κ2) is 9.47. The summed E-state index contributed by atoms with van der Waals surface area (Å²) in [6.07, 6.45) is 0. The number of amides is 1. The number of anilines is 1. The Bertz CT molecular complexity index is 1030. The molecule has 0 bridgehead atoms. The Hall–Kier alpha value is -1.94. The van der Waals surface area contributed by atoms with E-state index in [2.05, 4.69) is 21.2 Å². The number of morpholine rings is 1. The Morgan fingerprint density at radius 3 is 2.33 bits per heavy atom. The normalized spacial score (nSPS) is 15.1. The molecule has 0 atom stereocenters. The lowest BCUT2D eigenvalue weighted by Gasteiger charge is -2.26. The van der Waals surface area contributed by atoms with E-state index in [0.717, 1.165) is 21.3 Å². The Morgan fingerprint density at radius 1 is 1.10 bits per heavy atom. The second-order valence-corrected chi connectivity index (χ2v) is 10.0. The average molecular weight is 497 g/mol. The van der Waals surface area contributed by atoms with Crippen molar-refractivity contribution in [3.05, 3.63) is 51.5 Å². The molecule has 1 fully saturated rings. The van der Waals surface area contributed by atoms with E-state index in [1.54, 1.807) is 19.1 Å². The highest BCUT2D eigenvalue weighted by Crippen LogP contribution is 2.26. The van der Waals surface area contributed by atoms with Crippen molar-refractivity contribution in [2.24, 2.45) is 0 Å². The molecule has 9 heteroatoms. The van der Waals surface area contributed by atoms with Crippen LogP contribution in [0.15, 0.2) is 39.7 Å². The van der Waals surface area contributed by atoms with Crippen LogP contribution in [0.5, 0.6) is 5.75 Å². The molecule has 30 heavy (non-hydrogen) atoms. The van der Waals surface area contributed by atoms with Gasteiger partial charge < -0.3 is 14.8 Å². The highest BCUT2D eigenvalue weighted by molar-refractivity contribution is 9.10. The predicted octanol–water partition coefficient (Wildman–Crippen LogP) is 3.41. The quantitative estimate of drug-likeness (QED) is 0.662. The van der Waals surface area contributed by atoms with Gasteiger partial charge in [-0.15, -0.1) is 0 Å². The zero-order chi connectivity index (χ0) is 21.9. The number of hydrogen-bond acceptors (Lipinski definition) is 5. The van der Waals surface area contributed by atoms with Crippen LogP contribution in [-0.4, -0.2) is 51.5 Å². The van der Waals surface area contributed by atoms with Crippen LogP contribution in [0.4, 0.5) is 5.69 Å². The summed E-state index contributed by atoms with van der Waals surface area (Å²) >= 11 is 3.44. The molecule has 0 radical (unpaired) electrons. The number of halogens is 1. The molecule has 0 aliphatic carbocycles. The summed E-state index contributed by atoms with van der Waals surface area (Å²) in [6, 6.07) is 8.53. The van der Waals surface area contributed by atoms with E-state index in [-0.39, 0.29) is 17.4 Å². The van der Waals surface area contributed by atoms with Crippen LogP contribution in [0.25, 0.3) is 0 Å². The molecule has 0 spiro atoms. The fourth-order valence-corrected chi connectivity index (χ4v) is 5.49. The van der Waals surface area contributed by atoms with Crippen LogP contribution in [0.1, 0.15) is 16.7 Å². The third kappa shape index (κ3) is 5.21. The molecule has 1 saturated heterocycles. The standard InChI is InChI=1S/C21H25BrN2O5S/c1-14-12-18(30(26,27)24-6-8-28-9-7-24)4-5-19(14)29-13-20(25)23-21-15(2)10-17(22)11-16(21)3/h4-5,10-12H,6-9,13H2,1-3H3,(H,23,25). The van der Waals surface area contributed by atoms with Crippen molar-refractivity contribution < 1.29 is 22.7 Å². The molecular weight excluding hydrogens is 472 g/mol. The van der Waals surface area contributed by atoms with E-state index in [1.165, 1.54) is 10.4 Å². The van der Waals surface area contributed by atoms with E-state index >= 15 is 0 Å². The van der Waals surface area contributed by atoms with Gasteiger partial charge in [0.05, 0.1) is 18.1 Å². The molecule has 0 saturated carbocycles. The van der Waals surface area contributed by atoms with Gasteiger partial charge in [-0.25, -0.2) is 8.42 Å². The minimum atomic E-state index is -3.57. The number of sulfonamides is 1. The highest BCUT2D eigenvalue weighted by Gasteiger charge is 2.26. The molecule has 1 aliphatic heterocycles. The van der Waals surface area contributed by atoms with Crippen molar-refractivity contribution in [2.45, 2.75) is 25.7 Å². The number of carbonyl (C=O) groups excluding carboxylic acids is 1. The van der Waals surface area contributed by atoms with Crippen molar-refractivity contribution in [3.8, 4) is 5.75 Å². The smallest absolute Gasteiger partial charge is 0.262 e. The Kier molecular flexibility index (Phi) is 7.18. The first kappa shape index (κ1) is 22.7. The van der Waals surface area contributed by atoms with Gasteiger partial charge in [-0.2, -0.15) is 4.31 Å². The zero-order valence-electron chi connectivity index (χ0n) is 17.2. The molecule has 2 aromatic carbocycles. The fourth-order valence-electron chi connectivity index (χ4n) is 3.31. The Morgan fingerprint density at radius 2 is 1.73 bits per heavy atom. The van der Waals surface area contributed by atoms with Gasteiger partial charge in [0.1, 0.15) is 5.75 Å². The fraction of sp³-hybridized carbons (Fsp3) is 0.381. The summed E-state index contributed by atoms with van der Waals surface area (Å²) in [5, 5.41) is 2.87. The van der Waals surface area contributed by atoms with Crippen LogP contribution in [0, 0.1) is 20.8 Å². The topological polar surface area (TPSA) is 84.9 Å². The summed E-state index contributed by atoms with van der Waals surface area (Å²) < 4.78 is 38.8. The monoisotopic (exact) mass is 496 g/mol. The number of ether oxygens (including phenoxy) is 2. The van der Waals surface area contributed by atoms with Gasteiger partial charge in [-0.3, -0.25) is 4.79 Å². The first-order chi connectivity index (χ1) is 14.2. The maximum atomic E-state index is 12.8. The van der Waals surface area contributed by atoms with Crippen LogP contribution < -0.4 is 10.1 Å². The van der Waals surface area contributed by atoms with E-state index in [4.69, 9.17) is 9.47 Å². The first-order valence-electron chi connectivity index (χ1n) is 9.56. The number of hydrogen-bond donors (Lipinski definition) is 1. The largest absolute Gasteiger partial charge is 0.483 e. The SMILES string of the molecule is Cc1cc(S(=O)(=O)N2CCOCC2)ccc1OCC(=O)Nc1c(C)cc(Br)cc1C. The zero-order valence-corrected chi connectivity index (χ0v) is 19.6. The molecule has 0 unspecified atom stereocenters. The molecule has 1 heterocycles. The second-order valence-electron chi connectivity index (χ2n) is 7.20. The van der Waals surface area contributed by atoms with Crippen molar-refractivity contribution >= 4 is 37.5 Å². The van der Waals surface area contributed by atoms with E-state index in [1.807, 2.05) is 26.0 Å². The number of benzene rings is 2. The number of aryl methyl sites for hydroxylation is 3. The van der Waals surface area contributed by atoms with E-state index < -0.39 is 10.0 Å². The minimum Gasteiger partial charge on any atom is -0.483 e. The molecule has 1 amide bonds. The Balaban J connectivity index is 1.66. The van der Waals surface area contributed by atoms with Crippen molar-refractivity contribution in [3.63, 3.8) is 0 Å². The number of nitrogens with one attached hydrogen (secondary N) is 1. The summed E-state index contributed by atoms with van der Waals surface area (Å²) in [5.74, 6) is 0.184. The lowest BCUT2D eigenvalue weighted by Crippen LogP contribution is -2.40. The highest BCUT2D eigenvalue weighted by atomic mass is 79.9. The average Bonchev–Trinajstić information content (AvgIpc) is 2.70. The van der Waals surface area contributed by atoms with Gasteiger partial charge in [-0.05, 0) is 67.8 Å². The van der Waals surface area contributed by atoms with Crippen LogP contribution in [-0.2, 0) is 19.6 Å². The molecule has 2 aromatic rings. The van der Waals surface area contributed by atoms with Crippen molar-refractivity contribution in [1.29, 1.82) is 0 Å². The molecule has 3 rings (SSSR count). The molecule has 7 nitrogen and oxygen atoms in total. The van der Waals surface area contributed by atoms with Gasteiger partial charge in [0.2, 0.25) is 10.0 Å². The summed E-state index contributed by atoms with van der Waals surface area (Å²) in [7, 11) is -3.57. The number of nitrogens with zero attached hydrogens (tertiary/aromatic N) is 1. The molecule has 1 N–H and O–H groups in total. The van der Waals surface area contributed by atoms with E-state index in [0.29, 0.717) is 37.6 Å². The summed E-state index contributed by atoms with van der Waals surface area (Å²) in [4.78, 5) is 12.6. The maximum Gasteiger partial charge on any atom is 0.262 e. The molecule has 0 aromatic heterocycles. The predicted molar refractivity (Wildman–Crippen MR) is 118 cm³/mol. The van der Waals surface area contributed by atoms with Gasteiger partial charge in [0, 0.05) is 23.2 Å². The molecular formula is C21H25BrN2O5S. The first-order valence-corrected chi connectivity index (χ1v) is 11.8. The van der Waals surface area contributed by atoms with Crippen LogP contribution >= 0.6 is 15.9 Å². The molecule has 1 aliphatic rings. The molecule has 162 valence electrons. The number of rotatable bonds is 6. The van der Waals surface area contributed by atoms with Gasteiger partial charge in [0.15, 0.2) is 6.61 Å². The van der Waals surface area contributed by atoms with Crippen molar-refractivity contribution in [2.75, 3.05) is 38.2 Å². The third-order valence-corrected chi connectivity index (χ3v) is 7.23. The van der Waals surface area contributed by atoms with Crippen LogP contribution in [0.2, 0.25) is 0 Å². The van der Waals surface area contributed by atoms with Gasteiger partial charge in [0.25, 0.3) is 5.91 Å². The lowest BCUT2D eigenvalue weighted by atomic mass is 10.1. The third-order valence-electron chi connectivity index (χ3n) is 4.87. The number of carbonyl (C=O) groups is 1. The van der Waals surface area contributed by atoms with Gasteiger partial charge in [-0.1, -0.05) is 15.9 Å². The maximum absolute atomic E-state index is 12.8. The van der Waals surface area contributed by atoms with Gasteiger partial charge >= 0.3 is 0 Å².